The van der Waals surface area contributed by atoms with Crippen molar-refractivity contribution < 1.29 is 19.2 Å². The van der Waals surface area contributed by atoms with Gasteiger partial charge in [0.1, 0.15) is 0 Å². The van der Waals surface area contributed by atoms with Crippen LogP contribution in [-0.2, 0) is 14.3 Å². The second-order valence-corrected chi connectivity index (χ2v) is 5.23. The fourth-order valence-electron chi connectivity index (χ4n) is 2.32. The van der Waals surface area contributed by atoms with Crippen LogP contribution in [0.4, 0.5) is 11.4 Å². The fraction of sp³-hybridized carbons (Fsp3) is 0.158. The smallest absolute Gasteiger partial charge is 0.331 e. The highest BCUT2D eigenvalue weighted by Crippen LogP contribution is 2.19. The van der Waals surface area contributed by atoms with Crippen molar-refractivity contribution in [2.75, 3.05) is 18.1 Å². The second kappa shape index (κ2) is 9.12. The van der Waals surface area contributed by atoms with Gasteiger partial charge in [-0.3, -0.25) is 14.9 Å². The zero-order valence-corrected chi connectivity index (χ0v) is 14.2. The number of benzene rings is 2. The zero-order chi connectivity index (χ0) is 18.9. The van der Waals surface area contributed by atoms with E-state index in [9.17, 15) is 19.7 Å². The summed E-state index contributed by atoms with van der Waals surface area (Å²) < 4.78 is 4.94. The Labute approximate surface area is 150 Å². The van der Waals surface area contributed by atoms with Crippen LogP contribution in [0, 0.1) is 10.1 Å². The van der Waals surface area contributed by atoms with E-state index in [2.05, 4.69) is 0 Å². The van der Waals surface area contributed by atoms with Crippen LogP contribution < -0.4 is 4.90 Å². The molecule has 0 heterocycles. The molecule has 134 valence electrons. The van der Waals surface area contributed by atoms with Gasteiger partial charge in [-0.15, -0.1) is 0 Å². The molecule has 2 aromatic rings. The van der Waals surface area contributed by atoms with Crippen molar-refractivity contribution in [3.8, 4) is 0 Å². The maximum absolute atomic E-state index is 12.2. The molecule has 0 atom stereocenters. The van der Waals surface area contributed by atoms with Crippen molar-refractivity contribution in [1.82, 2.24) is 0 Å². The molecule has 1 amide bonds. The van der Waals surface area contributed by atoms with Gasteiger partial charge < -0.3 is 9.64 Å². The van der Waals surface area contributed by atoms with Gasteiger partial charge in [-0.05, 0) is 31.2 Å². The lowest BCUT2D eigenvalue weighted by Crippen LogP contribution is -2.34. The predicted molar refractivity (Wildman–Crippen MR) is 97.6 cm³/mol. The fourth-order valence-corrected chi connectivity index (χ4v) is 2.32. The number of nitrogens with zero attached hydrogens (tertiary/aromatic N) is 2. The van der Waals surface area contributed by atoms with Gasteiger partial charge in [-0.1, -0.05) is 30.3 Å². The van der Waals surface area contributed by atoms with Gasteiger partial charge >= 0.3 is 5.97 Å². The van der Waals surface area contributed by atoms with Gasteiger partial charge in [-0.25, -0.2) is 4.79 Å². The molecule has 0 fully saturated rings. The largest absolute Gasteiger partial charge is 0.452 e. The summed E-state index contributed by atoms with van der Waals surface area (Å²) in [4.78, 5) is 35.9. The van der Waals surface area contributed by atoms with E-state index >= 15 is 0 Å². The molecule has 0 aliphatic rings. The highest BCUT2D eigenvalue weighted by molar-refractivity contribution is 5.96. The number of rotatable bonds is 7. The molecule has 7 nitrogen and oxygen atoms in total. The first-order valence-electron chi connectivity index (χ1n) is 7.96. The molecule has 0 N–H and O–H groups in total. The van der Waals surface area contributed by atoms with E-state index in [0.717, 1.165) is 6.08 Å². The molecule has 0 aromatic heterocycles. The number of amides is 1. The van der Waals surface area contributed by atoms with Crippen molar-refractivity contribution in [3.63, 3.8) is 0 Å². The number of esters is 1. The van der Waals surface area contributed by atoms with Crippen LogP contribution in [0.2, 0.25) is 0 Å². The first-order valence-corrected chi connectivity index (χ1v) is 7.96. The maximum atomic E-state index is 12.2. The number of para-hydroxylation sites is 2. The van der Waals surface area contributed by atoms with Crippen molar-refractivity contribution in [2.24, 2.45) is 0 Å². The summed E-state index contributed by atoms with van der Waals surface area (Å²) >= 11 is 0. The van der Waals surface area contributed by atoms with E-state index in [-0.39, 0.29) is 17.2 Å². The summed E-state index contributed by atoms with van der Waals surface area (Å²) in [6.45, 7) is 1.84. The molecule has 2 aromatic carbocycles. The number of ether oxygens (including phenoxy) is 1. The topological polar surface area (TPSA) is 89.8 Å². The zero-order valence-electron chi connectivity index (χ0n) is 14.2. The quantitative estimate of drug-likeness (QED) is 0.330. The van der Waals surface area contributed by atoms with Gasteiger partial charge in [-0.2, -0.15) is 0 Å². The molecular weight excluding hydrogens is 336 g/mol. The SMILES string of the molecule is CCN(C(=O)COC(=O)/C=C/c1ccccc1[N+](=O)[O-])c1ccccc1. The molecule has 0 spiro atoms. The number of carbonyl (C=O) groups is 2. The summed E-state index contributed by atoms with van der Waals surface area (Å²) in [6.07, 6.45) is 2.36. The Kier molecular flexibility index (Phi) is 6.61. The second-order valence-electron chi connectivity index (χ2n) is 5.23. The highest BCUT2D eigenvalue weighted by atomic mass is 16.6. The molecule has 0 saturated carbocycles. The van der Waals surface area contributed by atoms with E-state index in [1.807, 2.05) is 25.1 Å². The number of nitro benzene ring substituents is 1. The Bertz CT molecular complexity index is 818. The Morgan fingerprint density at radius 2 is 1.77 bits per heavy atom. The van der Waals surface area contributed by atoms with E-state index < -0.39 is 17.5 Å². The number of anilines is 1. The van der Waals surface area contributed by atoms with Gasteiger partial charge in [0.15, 0.2) is 6.61 Å². The molecule has 0 aliphatic heterocycles. The lowest BCUT2D eigenvalue weighted by molar-refractivity contribution is -0.385. The Morgan fingerprint density at radius 3 is 2.42 bits per heavy atom. The van der Waals surface area contributed by atoms with Crippen LogP contribution in [0.15, 0.2) is 60.7 Å². The lowest BCUT2D eigenvalue weighted by atomic mass is 10.1. The monoisotopic (exact) mass is 354 g/mol. The Morgan fingerprint density at radius 1 is 1.12 bits per heavy atom. The number of nitro groups is 1. The maximum Gasteiger partial charge on any atom is 0.331 e. The summed E-state index contributed by atoms with van der Waals surface area (Å²) in [5.74, 6) is -1.10. The minimum Gasteiger partial charge on any atom is -0.452 e. The average molecular weight is 354 g/mol. The first-order chi connectivity index (χ1) is 12.5. The van der Waals surface area contributed by atoms with E-state index in [1.165, 1.54) is 29.2 Å². The predicted octanol–water partition coefficient (Wildman–Crippen LogP) is 3.20. The number of hydrogen-bond acceptors (Lipinski definition) is 5. The molecule has 7 heteroatoms. The van der Waals surface area contributed by atoms with Crippen molar-refractivity contribution in [1.29, 1.82) is 0 Å². The van der Waals surface area contributed by atoms with Gasteiger partial charge in [0.2, 0.25) is 0 Å². The summed E-state index contributed by atoms with van der Waals surface area (Å²) in [7, 11) is 0. The average Bonchev–Trinajstić information content (AvgIpc) is 2.66. The van der Waals surface area contributed by atoms with Crippen molar-refractivity contribution >= 4 is 29.3 Å². The lowest BCUT2D eigenvalue weighted by Gasteiger charge is -2.20. The molecule has 0 aliphatic carbocycles. The summed E-state index contributed by atoms with van der Waals surface area (Å²) in [5.41, 5.74) is 0.876. The van der Waals surface area contributed by atoms with Crippen molar-refractivity contribution in [2.45, 2.75) is 6.92 Å². The normalized spacial score (nSPS) is 10.5. The van der Waals surface area contributed by atoms with Crippen LogP contribution in [0.3, 0.4) is 0 Å². The molecule has 0 bridgehead atoms. The van der Waals surface area contributed by atoms with Crippen molar-refractivity contribution in [3.05, 3.63) is 76.4 Å². The van der Waals surface area contributed by atoms with E-state index in [4.69, 9.17) is 4.74 Å². The van der Waals surface area contributed by atoms with Crippen LogP contribution >= 0.6 is 0 Å². The molecular formula is C19H18N2O5. The molecule has 2 rings (SSSR count). The number of likely N-dealkylation sites (N-methyl/N-ethyl adjacent to an activating group) is 1. The minimum atomic E-state index is -0.749. The highest BCUT2D eigenvalue weighted by Gasteiger charge is 2.15. The molecule has 0 saturated heterocycles. The minimum absolute atomic E-state index is 0.117. The summed E-state index contributed by atoms with van der Waals surface area (Å²) in [5, 5.41) is 10.9. The van der Waals surface area contributed by atoms with Crippen LogP contribution in [0.25, 0.3) is 6.08 Å². The Balaban J connectivity index is 1.96. The standard InChI is InChI=1S/C19H18N2O5/c1-2-20(16-9-4-3-5-10-16)18(22)14-26-19(23)13-12-15-8-6-7-11-17(15)21(24)25/h3-13H,2,14H2,1H3/b13-12+. The third-order valence-electron chi connectivity index (χ3n) is 3.56. The van der Waals surface area contributed by atoms with Crippen LogP contribution in [0.5, 0.6) is 0 Å². The van der Waals surface area contributed by atoms with Crippen LogP contribution in [0.1, 0.15) is 12.5 Å². The third kappa shape index (κ3) is 5.01. The van der Waals surface area contributed by atoms with E-state index in [0.29, 0.717) is 12.2 Å². The first kappa shape index (κ1) is 18.9. The molecule has 0 unspecified atom stereocenters. The Hall–Kier alpha value is -3.48. The third-order valence-corrected chi connectivity index (χ3v) is 3.56. The van der Waals surface area contributed by atoms with E-state index in [1.54, 1.807) is 18.2 Å². The number of carbonyl (C=O) groups excluding carboxylic acids is 2. The molecule has 0 radical (unpaired) electrons. The molecule has 26 heavy (non-hydrogen) atoms. The summed E-state index contributed by atoms with van der Waals surface area (Å²) in [6, 6.07) is 15.1. The van der Waals surface area contributed by atoms with Gasteiger partial charge in [0, 0.05) is 24.4 Å². The van der Waals surface area contributed by atoms with Crippen LogP contribution in [-0.4, -0.2) is 30.0 Å². The van der Waals surface area contributed by atoms with Gasteiger partial charge in [0.25, 0.3) is 11.6 Å². The number of hydrogen-bond donors (Lipinski definition) is 0. The van der Waals surface area contributed by atoms with Gasteiger partial charge in [0.05, 0.1) is 10.5 Å².